The van der Waals surface area contributed by atoms with Crippen LogP contribution in [0.5, 0.6) is 0 Å². The predicted octanol–water partition coefficient (Wildman–Crippen LogP) is 4.70. The van der Waals surface area contributed by atoms with Crippen molar-refractivity contribution in [2.45, 2.75) is 33.1 Å². The molecule has 0 aromatic heterocycles. The highest BCUT2D eigenvalue weighted by atomic mass is 79.9. The molecule has 0 fully saturated rings. The number of hydrogen-bond donors (Lipinski definition) is 2. The number of anilines is 1. The molecule has 2 rings (SSSR count). The van der Waals surface area contributed by atoms with Crippen LogP contribution in [0.25, 0.3) is 0 Å². The fourth-order valence-corrected chi connectivity index (χ4v) is 2.48. The number of nitrogens with one attached hydrogen (secondary N) is 2. The Hall–Kier alpha value is -2.14. The Balaban J connectivity index is 1.89. The predicted molar refractivity (Wildman–Crippen MR) is 108 cm³/mol. The highest BCUT2D eigenvalue weighted by molar-refractivity contribution is 9.10. The summed E-state index contributed by atoms with van der Waals surface area (Å²) in [5.41, 5.74) is 6.63. The lowest BCUT2D eigenvalue weighted by Crippen LogP contribution is -2.26. The summed E-state index contributed by atoms with van der Waals surface area (Å²) in [4.78, 5) is 11.9. The molecule has 0 aliphatic carbocycles. The Labute approximate surface area is 157 Å². The van der Waals surface area contributed by atoms with Crippen LogP contribution < -0.4 is 10.7 Å². The van der Waals surface area contributed by atoms with Crippen LogP contribution in [0.3, 0.4) is 0 Å². The van der Waals surface area contributed by atoms with E-state index in [4.69, 9.17) is 0 Å². The summed E-state index contributed by atoms with van der Waals surface area (Å²) < 4.78 is 1.00. The molecular formula is C20H24BrN3O. The molecule has 0 saturated heterocycles. The van der Waals surface area contributed by atoms with Crippen molar-refractivity contribution in [2.24, 2.45) is 5.10 Å². The first-order valence-electron chi connectivity index (χ1n) is 8.19. The number of amides is 1. The normalized spacial score (nSPS) is 12.0. The molecule has 0 spiro atoms. The van der Waals surface area contributed by atoms with E-state index in [1.807, 2.05) is 43.3 Å². The van der Waals surface area contributed by atoms with Crippen molar-refractivity contribution >= 4 is 33.2 Å². The maximum absolute atomic E-state index is 11.9. The van der Waals surface area contributed by atoms with E-state index < -0.39 is 0 Å². The summed E-state index contributed by atoms with van der Waals surface area (Å²) >= 11 is 3.38. The van der Waals surface area contributed by atoms with Gasteiger partial charge in [-0.05, 0) is 47.7 Å². The molecule has 2 aromatic carbocycles. The number of rotatable bonds is 5. The molecule has 0 radical (unpaired) electrons. The largest absolute Gasteiger partial charge is 0.376 e. The molecule has 132 valence electrons. The molecule has 0 unspecified atom stereocenters. The molecule has 0 aliphatic rings. The van der Waals surface area contributed by atoms with Gasteiger partial charge in [-0.2, -0.15) is 5.10 Å². The number of carbonyl (C=O) groups is 1. The van der Waals surface area contributed by atoms with Crippen LogP contribution >= 0.6 is 15.9 Å². The molecule has 0 atom stereocenters. The quantitative estimate of drug-likeness (QED) is 0.563. The number of halogens is 1. The van der Waals surface area contributed by atoms with Crippen LogP contribution in [0.1, 0.15) is 38.8 Å². The Morgan fingerprint density at radius 1 is 1.04 bits per heavy atom. The van der Waals surface area contributed by atoms with Crippen LogP contribution in [-0.4, -0.2) is 18.2 Å². The van der Waals surface area contributed by atoms with E-state index >= 15 is 0 Å². The highest BCUT2D eigenvalue weighted by Crippen LogP contribution is 2.22. The summed E-state index contributed by atoms with van der Waals surface area (Å²) in [6, 6.07) is 15.9. The Morgan fingerprint density at radius 3 is 2.20 bits per heavy atom. The van der Waals surface area contributed by atoms with Crippen molar-refractivity contribution in [3.05, 3.63) is 64.1 Å². The number of nitrogens with zero attached hydrogens (tertiary/aromatic N) is 1. The fraction of sp³-hybridized carbons (Fsp3) is 0.300. The molecule has 25 heavy (non-hydrogen) atoms. The number of hydrogen-bond acceptors (Lipinski definition) is 3. The molecule has 0 bridgehead atoms. The minimum Gasteiger partial charge on any atom is -0.376 e. The lowest BCUT2D eigenvalue weighted by molar-refractivity contribution is -0.119. The average molecular weight is 402 g/mol. The van der Waals surface area contributed by atoms with E-state index in [0.717, 1.165) is 21.4 Å². The van der Waals surface area contributed by atoms with Gasteiger partial charge in [0, 0.05) is 10.2 Å². The second kappa shape index (κ2) is 8.30. The van der Waals surface area contributed by atoms with Gasteiger partial charge < -0.3 is 5.32 Å². The Bertz CT molecular complexity index is 744. The van der Waals surface area contributed by atoms with Gasteiger partial charge in [-0.15, -0.1) is 0 Å². The second-order valence-electron chi connectivity index (χ2n) is 6.92. The smallest absolute Gasteiger partial charge is 0.259 e. The van der Waals surface area contributed by atoms with Crippen molar-refractivity contribution in [3.8, 4) is 0 Å². The maximum atomic E-state index is 11.9. The minimum absolute atomic E-state index is 0.122. The van der Waals surface area contributed by atoms with Crippen LogP contribution in [-0.2, 0) is 10.2 Å². The summed E-state index contributed by atoms with van der Waals surface area (Å²) in [5, 5.41) is 7.24. The van der Waals surface area contributed by atoms with Gasteiger partial charge >= 0.3 is 0 Å². The van der Waals surface area contributed by atoms with Gasteiger partial charge in [0.1, 0.15) is 0 Å². The van der Waals surface area contributed by atoms with Gasteiger partial charge in [-0.25, -0.2) is 5.43 Å². The monoisotopic (exact) mass is 401 g/mol. The lowest BCUT2D eigenvalue weighted by Gasteiger charge is -2.19. The van der Waals surface area contributed by atoms with Crippen LogP contribution in [0.2, 0.25) is 0 Å². The minimum atomic E-state index is -0.186. The molecule has 1 amide bonds. The molecule has 4 nitrogen and oxygen atoms in total. The molecular weight excluding hydrogens is 378 g/mol. The molecule has 0 aliphatic heterocycles. The summed E-state index contributed by atoms with van der Waals surface area (Å²) in [6.45, 7) is 8.60. The number of carbonyl (C=O) groups excluding carboxylic acids is 1. The van der Waals surface area contributed by atoms with E-state index in [2.05, 4.69) is 64.7 Å². The number of hydrazone groups is 1. The fourth-order valence-electron chi connectivity index (χ4n) is 2.21. The van der Waals surface area contributed by atoms with Crippen LogP contribution in [0.4, 0.5) is 5.69 Å². The third kappa shape index (κ3) is 6.02. The SMILES string of the molecule is C/C(=N/NC(=O)CNc1ccc(Br)cc1)c1ccc(C(C)(C)C)cc1. The van der Waals surface area contributed by atoms with E-state index in [-0.39, 0.29) is 17.9 Å². The van der Waals surface area contributed by atoms with Gasteiger partial charge in [0.2, 0.25) is 0 Å². The van der Waals surface area contributed by atoms with Gasteiger partial charge in [-0.3, -0.25) is 4.79 Å². The van der Waals surface area contributed by atoms with E-state index in [1.165, 1.54) is 5.56 Å². The summed E-state index contributed by atoms with van der Waals surface area (Å²) in [5.74, 6) is -0.186. The zero-order chi connectivity index (χ0) is 18.4. The maximum Gasteiger partial charge on any atom is 0.259 e. The topological polar surface area (TPSA) is 53.5 Å². The van der Waals surface area contributed by atoms with E-state index in [9.17, 15) is 4.79 Å². The molecule has 0 heterocycles. The molecule has 0 saturated carbocycles. The Morgan fingerprint density at radius 2 is 1.64 bits per heavy atom. The van der Waals surface area contributed by atoms with Crippen LogP contribution in [0, 0.1) is 0 Å². The standard InChI is InChI=1S/C20H24BrN3O/c1-14(15-5-7-16(8-6-15)20(2,3)4)23-24-19(25)13-22-18-11-9-17(21)10-12-18/h5-12,22H,13H2,1-4H3,(H,24,25)/b23-14-. The van der Waals surface area contributed by atoms with Crippen molar-refractivity contribution in [1.29, 1.82) is 0 Å². The van der Waals surface area contributed by atoms with Gasteiger partial charge in [0.25, 0.3) is 5.91 Å². The highest BCUT2D eigenvalue weighted by Gasteiger charge is 2.13. The van der Waals surface area contributed by atoms with Crippen molar-refractivity contribution in [2.75, 3.05) is 11.9 Å². The second-order valence-corrected chi connectivity index (χ2v) is 7.84. The van der Waals surface area contributed by atoms with E-state index in [0.29, 0.717) is 0 Å². The third-order valence-electron chi connectivity index (χ3n) is 3.81. The van der Waals surface area contributed by atoms with Gasteiger partial charge in [0.15, 0.2) is 0 Å². The zero-order valence-corrected chi connectivity index (χ0v) is 16.6. The molecule has 2 aromatic rings. The van der Waals surface area contributed by atoms with Crippen molar-refractivity contribution < 1.29 is 4.79 Å². The molecule has 2 N–H and O–H groups in total. The first-order chi connectivity index (χ1) is 11.8. The first kappa shape index (κ1) is 19.2. The first-order valence-corrected chi connectivity index (χ1v) is 8.98. The summed E-state index contributed by atoms with van der Waals surface area (Å²) in [7, 11) is 0. The molecule has 5 heteroatoms. The zero-order valence-electron chi connectivity index (χ0n) is 15.1. The van der Waals surface area contributed by atoms with Crippen LogP contribution in [0.15, 0.2) is 58.1 Å². The van der Waals surface area contributed by atoms with Gasteiger partial charge in [0.05, 0.1) is 12.3 Å². The van der Waals surface area contributed by atoms with Crippen molar-refractivity contribution in [1.82, 2.24) is 5.43 Å². The third-order valence-corrected chi connectivity index (χ3v) is 4.34. The Kier molecular flexibility index (Phi) is 6.37. The van der Waals surface area contributed by atoms with E-state index in [1.54, 1.807) is 0 Å². The number of benzene rings is 2. The lowest BCUT2D eigenvalue weighted by atomic mass is 9.86. The van der Waals surface area contributed by atoms with Gasteiger partial charge in [-0.1, -0.05) is 61.0 Å². The van der Waals surface area contributed by atoms with Crippen molar-refractivity contribution in [3.63, 3.8) is 0 Å². The average Bonchev–Trinajstić information content (AvgIpc) is 2.58. The summed E-state index contributed by atoms with van der Waals surface area (Å²) in [6.07, 6.45) is 0.